The molecule has 1 heterocycles. The molecular formula is C13H8F3INO2Y-. The van der Waals surface area contributed by atoms with Crippen LogP contribution in [-0.4, -0.2) is 16.1 Å². The molecule has 1 aromatic heterocycles. The predicted molar refractivity (Wildman–Crippen MR) is 75.3 cm³/mol. The third-order valence-corrected chi connectivity index (χ3v) is 3.38. The Labute approximate surface area is 157 Å². The Morgan fingerprint density at radius 1 is 1.38 bits per heavy atom. The Morgan fingerprint density at radius 3 is 2.62 bits per heavy atom. The second-order valence-electron chi connectivity index (χ2n) is 3.93. The van der Waals surface area contributed by atoms with Crippen molar-refractivity contribution in [1.82, 2.24) is 4.57 Å². The van der Waals surface area contributed by atoms with Gasteiger partial charge in [0.2, 0.25) is 5.56 Å². The van der Waals surface area contributed by atoms with Crippen molar-refractivity contribution in [2.24, 2.45) is 0 Å². The maximum absolute atomic E-state index is 13.8. The van der Waals surface area contributed by atoms with Crippen LogP contribution in [0, 0.1) is 15.5 Å². The largest absolute Gasteiger partial charge is 0.520 e. The minimum atomic E-state index is -2.79. The summed E-state index contributed by atoms with van der Waals surface area (Å²) < 4.78 is 39.9. The molecule has 0 bridgehead atoms. The van der Waals surface area contributed by atoms with Crippen molar-refractivity contribution in [2.45, 2.75) is 13.0 Å². The molecule has 8 heteroatoms. The van der Waals surface area contributed by atoms with Crippen LogP contribution in [0.25, 0.3) is 11.3 Å². The van der Waals surface area contributed by atoms with Crippen LogP contribution in [-0.2, 0) is 39.3 Å². The Kier molecular flexibility index (Phi) is 6.87. The summed E-state index contributed by atoms with van der Waals surface area (Å²) in [7, 11) is 0. The van der Waals surface area contributed by atoms with E-state index in [4.69, 9.17) is 0 Å². The summed E-state index contributed by atoms with van der Waals surface area (Å²) in [5, 5.41) is 9.70. The Morgan fingerprint density at radius 2 is 2.05 bits per heavy atom. The molecule has 2 aromatic rings. The van der Waals surface area contributed by atoms with Crippen molar-refractivity contribution in [2.75, 3.05) is 0 Å². The molecule has 109 valence electrons. The minimum Gasteiger partial charge on any atom is -0.520 e. The molecular weight excluding hydrogens is 475 g/mol. The zero-order chi connectivity index (χ0) is 14.9. The van der Waals surface area contributed by atoms with Gasteiger partial charge < -0.3 is 9.67 Å². The van der Waals surface area contributed by atoms with E-state index >= 15 is 0 Å². The number of aromatic hydroxyl groups is 1. The number of benzene rings is 1. The van der Waals surface area contributed by atoms with E-state index in [1.165, 1.54) is 18.2 Å². The molecule has 3 nitrogen and oxygen atoms in total. The average Bonchev–Trinajstić information content (AvgIpc) is 2.37. The number of pyridine rings is 1. The number of phenols is 1. The minimum absolute atomic E-state index is 0. The first-order chi connectivity index (χ1) is 9.41. The van der Waals surface area contributed by atoms with E-state index in [2.05, 4.69) is 6.07 Å². The summed E-state index contributed by atoms with van der Waals surface area (Å²) in [5.74, 6) is -1.25. The van der Waals surface area contributed by atoms with E-state index in [0.29, 0.717) is 4.57 Å². The zero-order valence-corrected chi connectivity index (χ0v) is 15.5. The van der Waals surface area contributed by atoms with Crippen molar-refractivity contribution in [3.8, 4) is 17.0 Å². The van der Waals surface area contributed by atoms with Gasteiger partial charge in [-0.25, -0.2) is 13.2 Å². The van der Waals surface area contributed by atoms with Gasteiger partial charge in [-0.1, -0.05) is 11.8 Å². The van der Waals surface area contributed by atoms with E-state index in [0.717, 1.165) is 6.07 Å². The van der Waals surface area contributed by atoms with Crippen molar-refractivity contribution in [1.29, 1.82) is 0 Å². The zero-order valence-electron chi connectivity index (χ0n) is 10.5. The van der Waals surface area contributed by atoms with Gasteiger partial charge in [-0.3, -0.25) is 4.79 Å². The number of aromatic nitrogens is 1. The van der Waals surface area contributed by atoms with Crippen molar-refractivity contribution in [3.05, 3.63) is 50.1 Å². The van der Waals surface area contributed by atoms with E-state index in [-0.39, 0.29) is 47.5 Å². The summed E-state index contributed by atoms with van der Waals surface area (Å²) >= 11 is 1.68. The molecule has 1 aromatic carbocycles. The number of hydrogen-bond donors (Lipinski definition) is 1. The first kappa shape index (κ1) is 18.6. The van der Waals surface area contributed by atoms with Crippen LogP contribution in [0.1, 0.15) is 0 Å². The summed E-state index contributed by atoms with van der Waals surface area (Å²) in [6, 6.07) is 7.39. The molecule has 0 saturated carbocycles. The standard InChI is InChI=1S/C13H8F3INO2.Y/c14-7-2-1-3-10(19)12(7)9-5-4-8(17)13(20)18(9)6-11(15)16;/h1-4,11,19H,6H2;/q-1;. The summed E-state index contributed by atoms with van der Waals surface area (Å²) in [4.78, 5) is 11.9. The predicted octanol–water partition coefficient (Wildman–Crippen LogP) is 3.03. The summed E-state index contributed by atoms with van der Waals surface area (Å²) in [6.07, 6.45) is -2.79. The van der Waals surface area contributed by atoms with Crippen molar-refractivity contribution in [3.63, 3.8) is 0 Å². The normalized spacial score (nSPS) is 10.5. The molecule has 0 saturated heterocycles. The number of rotatable bonds is 3. The molecule has 0 fully saturated rings. The molecule has 0 aliphatic rings. The van der Waals surface area contributed by atoms with Crippen LogP contribution in [0.3, 0.4) is 0 Å². The van der Waals surface area contributed by atoms with Crippen LogP contribution in [0.4, 0.5) is 13.2 Å². The average molecular weight is 483 g/mol. The van der Waals surface area contributed by atoms with E-state index in [1.807, 2.05) is 0 Å². The SMILES string of the molecule is O=c1c(I)c[c-]c(-c2c(O)cccc2F)n1CC(F)F.[Y]. The van der Waals surface area contributed by atoms with Gasteiger partial charge in [0.05, 0.1) is 18.1 Å². The second-order valence-corrected chi connectivity index (χ2v) is 5.09. The molecule has 2 rings (SSSR count). The monoisotopic (exact) mass is 483 g/mol. The Hall–Kier alpha value is -0.406. The van der Waals surface area contributed by atoms with Gasteiger partial charge in [-0.2, -0.15) is 12.1 Å². The summed E-state index contributed by atoms with van der Waals surface area (Å²) in [5.41, 5.74) is -1.20. The van der Waals surface area contributed by atoms with Gasteiger partial charge in [0.15, 0.2) is 0 Å². The van der Waals surface area contributed by atoms with Gasteiger partial charge in [-0.15, -0.1) is 22.6 Å². The maximum Gasteiger partial charge on any atom is 0.256 e. The molecule has 0 aliphatic heterocycles. The third-order valence-electron chi connectivity index (χ3n) is 2.60. The molecule has 21 heavy (non-hydrogen) atoms. The topological polar surface area (TPSA) is 42.2 Å². The fourth-order valence-electron chi connectivity index (χ4n) is 1.77. The second kappa shape index (κ2) is 7.73. The van der Waals surface area contributed by atoms with E-state index in [9.17, 15) is 23.1 Å². The van der Waals surface area contributed by atoms with Crippen LogP contribution >= 0.6 is 22.6 Å². The molecule has 0 amide bonds. The van der Waals surface area contributed by atoms with Gasteiger partial charge in [-0.05, 0) is 21.3 Å². The Bertz CT molecular complexity index is 686. The van der Waals surface area contributed by atoms with Crippen LogP contribution < -0.4 is 5.56 Å². The molecule has 0 atom stereocenters. The van der Waals surface area contributed by atoms with E-state index < -0.39 is 30.1 Å². The molecule has 1 N–H and O–H groups in total. The number of phenolic OH excluding ortho intramolecular Hbond substituents is 1. The van der Waals surface area contributed by atoms with Crippen LogP contribution in [0.15, 0.2) is 29.1 Å². The first-order valence-electron chi connectivity index (χ1n) is 5.49. The van der Waals surface area contributed by atoms with Gasteiger partial charge in [0.25, 0.3) is 6.43 Å². The van der Waals surface area contributed by atoms with Crippen LogP contribution in [0.5, 0.6) is 5.75 Å². The quantitative estimate of drug-likeness (QED) is 0.540. The molecule has 1 radical (unpaired) electrons. The third kappa shape index (κ3) is 4.07. The first-order valence-corrected chi connectivity index (χ1v) is 6.56. The summed E-state index contributed by atoms with van der Waals surface area (Å²) in [6.45, 7) is -0.894. The number of hydrogen-bond acceptors (Lipinski definition) is 2. The fraction of sp³-hybridized carbons (Fsp3) is 0.154. The fourth-order valence-corrected chi connectivity index (χ4v) is 2.22. The number of alkyl halides is 2. The van der Waals surface area contributed by atoms with Crippen LogP contribution in [0.2, 0.25) is 0 Å². The molecule has 0 unspecified atom stereocenters. The van der Waals surface area contributed by atoms with Crippen molar-refractivity contribution >= 4 is 22.6 Å². The smallest absolute Gasteiger partial charge is 0.256 e. The van der Waals surface area contributed by atoms with Gasteiger partial charge in [0.1, 0.15) is 0 Å². The number of nitrogens with zero attached hydrogens (tertiary/aromatic N) is 1. The Balaban J connectivity index is 0.00000220. The molecule has 0 spiro atoms. The van der Waals surface area contributed by atoms with E-state index in [1.54, 1.807) is 22.6 Å². The molecule has 0 aliphatic carbocycles. The maximum atomic E-state index is 13.8. The van der Waals surface area contributed by atoms with Crippen molar-refractivity contribution < 1.29 is 51.0 Å². The number of halogens is 4. The van der Waals surface area contributed by atoms with Gasteiger partial charge in [0, 0.05) is 32.7 Å². The van der Waals surface area contributed by atoms with Gasteiger partial charge >= 0.3 is 0 Å².